The molecule has 0 unspecified atom stereocenters. The summed E-state index contributed by atoms with van der Waals surface area (Å²) in [4.78, 5) is 19.9. The normalized spacial score (nSPS) is 19.4. The molecular weight excluding hydrogens is 386 g/mol. The summed E-state index contributed by atoms with van der Waals surface area (Å²) < 4.78 is 0. The molecule has 1 amide bonds. The van der Waals surface area contributed by atoms with Crippen LogP contribution in [0.2, 0.25) is 0 Å². The van der Waals surface area contributed by atoms with E-state index >= 15 is 0 Å². The van der Waals surface area contributed by atoms with Gasteiger partial charge < -0.3 is 20.9 Å². The second-order valence-corrected chi connectivity index (χ2v) is 9.27. The summed E-state index contributed by atoms with van der Waals surface area (Å²) >= 11 is 0. The fourth-order valence-corrected chi connectivity index (χ4v) is 4.60. The zero-order chi connectivity index (χ0) is 22.1. The lowest BCUT2D eigenvalue weighted by molar-refractivity contribution is -0.120. The van der Waals surface area contributed by atoms with E-state index in [2.05, 4.69) is 53.8 Å². The summed E-state index contributed by atoms with van der Waals surface area (Å²) in [5.74, 6) is 1.22. The number of aliphatic imine (C=N–C) groups is 1. The van der Waals surface area contributed by atoms with Gasteiger partial charge in [-0.15, -0.1) is 0 Å². The van der Waals surface area contributed by atoms with Crippen LogP contribution in [0.15, 0.2) is 29.3 Å². The minimum absolute atomic E-state index is 0.169. The van der Waals surface area contributed by atoms with Crippen molar-refractivity contribution < 1.29 is 4.79 Å². The SMILES string of the molecule is CCNC(=NCc1cccc(NC(=O)C2CCCCC2)c1)NC1CCN(C(C)C)CC1. The summed E-state index contributed by atoms with van der Waals surface area (Å²) in [6.45, 7) is 10.3. The Morgan fingerprint density at radius 3 is 2.55 bits per heavy atom. The van der Waals surface area contributed by atoms with Crippen LogP contribution in [0.4, 0.5) is 5.69 Å². The molecule has 1 aliphatic carbocycles. The van der Waals surface area contributed by atoms with Gasteiger partial charge >= 0.3 is 0 Å². The molecule has 0 aromatic heterocycles. The Bertz CT molecular complexity index is 718. The molecule has 2 aliphatic rings. The number of piperidine rings is 1. The molecule has 6 nitrogen and oxygen atoms in total. The predicted octanol–water partition coefficient (Wildman–Crippen LogP) is 4.13. The molecule has 0 radical (unpaired) electrons. The number of guanidine groups is 1. The average molecular weight is 428 g/mol. The van der Waals surface area contributed by atoms with Gasteiger partial charge in [-0.1, -0.05) is 31.4 Å². The van der Waals surface area contributed by atoms with Crippen molar-refractivity contribution in [3.05, 3.63) is 29.8 Å². The van der Waals surface area contributed by atoms with Gasteiger partial charge in [0.25, 0.3) is 0 Å². The zero-order valence-electron chi connectivity index (χ0n) is 19.6. The summed E-state index contributed by atoms with van der Waals surface area (Å²) in [5.41, 5.74) is 1.98. The topological polar surface area (TPSA) is 68.8 Å². The molecular formula is C25H41N5O. The molecule has 1 aromatic rings. The fourth-order valence-electron chi connectivity index (χ4n) is 4.60. The first-order chi connectivity index (χ1) is 15.0. The van der Waals surface area contributed by atoms with E-state index in [0.717, 1.165) is 62.5 Å². The van der Waals surface area contributed by atoms with Crippen molar-refractivity contribution in [2.45, 2.75) is 84.3 Å². The molecule has 172 valence electrons. The molecule has 1 saturated carbocycles. The Morgan fingerprint density at radius 1 is 1.13 bits per heavy atom. The third-order valence-corrected chi connectivity index (χ3v) is 6.54. The Balaban J connectivity index is 1.54. The van der Waals surface area contributed by atoms with Gasteiger partial charge in [0, 0.05) is 43.3 Å². The maximum atomic E-state index is 12.6. The maximum absolute atomic E-state index is 12.6. The van der Waals surface area contributed by atoms with Crippen LogP contribution in [0.3, 0.4) is 0 Å². The summed E-state index contributed by atoms with van der Waals surface area (Å²) in [7, 11) is 0. The summed E-state index contributed by atoms with van der Waals surface area (Å²) in [6.07, 6.45) is 7.92. The van der Waals surface area contributed by atoms with Crippen LogP contribution in [0.1, 0.15) is 71.3 Å². The Labute approximate surface area is 188 Å². The van der Waals surface area contributed by atoms with Gasteiger partial charge in [0.1, 0.15) is 0 Å². The lowest BCUT2D eigenvalue weighted by Gasteiger charge is -2.35. The van der Waals surface area contributed by atoms with Crippen molar-refractivity contribution in [1.29, 1.82) is 0 Å². The van der Waals surface area contributed by atoms with E-state index in [1.807, 2.05) is 12.1 Å². The van der Waals surface area contributed by atoms with Gasteiger partial charge in [0.2, 0.25) is 5.91 Å². The van der Waals surface area contributed by atoms with Crippen molar-refractivity contribution in [2.24, 2.45) is 10.9 Å². The van der Waals surface area contributed by atoms with Crippen LogP contribution in [0, 0.1) is 5.92 Å². The summed E-state index contributed by atoms with van der Waals surface area (Å²) in [5, 5.41) is 10.1. The molecule has 3 rings (SSSR count). The first kappa shape index (κ1) is 23.6. The van der Waals surface area contributed by atoms with Gasteiger partial charge in [0.05, 0.1) is 6.54 Å². The lowest BCUT2D eigenvalue weighted by Crippen LogP contribution is -2.49. The highest BCUT2D eigenvalue weighted by Crippen LogP contribution is 2.25. The monoisotopic (exact) mass is 427 g/mol. The molecule has 0 spiro atoms. The van der Waals surface area contributed by atoms with E-state index < -0.39 is 0 Å². The largest absolute Gasteiger partial charge is 0.357 e. The molecule has 0 atom stereocenters. The number of nitrogens with zero attached hydrogens (tertiary/aromatic N) is 2. The summed E-state index contributed by atoms with van der Waals surface area (Å²) in [6, 6.07) is 9.19. The van der Waals surface area contributed by atoms with Gasteiger partial charge in [-0.3, -0.25) is 4.79 Å². The van der Waals surface area contributed by atoms with Crippen molar-refractivity contribution in [1.82, 2.24) is 15.5 Å². The van der Waals surface area contributed by atoms with Crippen molar-refractivity contribution in [3.8, 4) is 0 Å². The highest BCUT2D eigenvalue weighted by atomic mass is 16.1. The number of benzene rings is 1. The minimum Gasteiger partial charge on any atom is -0.357 e. The highest BCUT2D eigenvalue weighted by molar-refractivity contribution is 5.92. The van der Waals surface area contributed by atoms with Gasteiger partial charge in [0.15, 0.2) is 5.96 Å². The van der Waals surface area contributed by atoms with Crippen molar-refractivity contribution >= 4 is 17.6 Å². The molecule has 31 heavy (non-hydrogen) atoms. The van der Waals surface area contributed by atoms with E-state index in [4.69, 9.17) is 4.99 Å². The smallest absolute Gasteiger partial charge is 0.227 e. The number of anilines is 1. The molecule has 3 N–H and O–H groups in total. The zero-order valence-corrected chi connectivity index (χ0v) is 19.6. The minimum atomic E-state index is 0.169. The van der Waals surface area contributed by atoms with E-state index in [1.54, 1.807) is 0 Å². The maximum Gasteiger partial charge on any atom is 0.227 e. The van der Waals surface area contributed by atoms with E-state index in [9.17, 15) is 4.79 Å². The number of amides is 1. The Hall–Kier alpha value is -2.08. The number of likely N-dealkylation sites (tertiary alicyclic amines) is 1. The van der Waals surface area contributed by atoms with Crippen LogP contribution in [-0.4, -0.2) is 48.5 Å². The van der Waals surface area contributed by atoms with E-state index in [1.165, 1.54) is 19.3 Å². The second kappa shape index (κ2) is 12.1. The van der Waals surface area contributed by atoms with Gasteiger partial charge in [-0.25, -0.2) is 4.99 Å². The second-order valence-electron chi connectivity index (χ2n) is 9.27. The fraction of sp³-hybridized carbons (Fsp3) is 0.680. The molecule has 0 bridgehead atoms. The molecule has 1 aliphatic heterocycles. The van der Waals surface area contributed by atoms with Crippen LogP contribution in [0.25, 0.3) is 0 Å². The Kier molecular flexibility index (Phi) is 9.19. The van der Waals surface area contributed by atoms with Crippen LogP contribution < -0.4 is 16.0 Å². The number of nitrogens with one attached hydrogen (secondary N) is 3. The molecule has 6 heteroatoms. The predicted molar refractivity (Wildman–Crippen MR) is 129 cm³/mol. The average Bonchev–Trinajstić information content (AvgIpc) is 2.79. The van der Waals surface area contributed by atoms with Crippen LogP contribution in [-0.2, 0) is 11.3 Å². The molecule has 1 aromatic carbocycles. The quantitative estimate of drug-likeness (QED) is 0.452. The van der Waals surface area contributed by atoms with Gasteiger partial charge in [-0.05, 0) is 64.2 Å². The first-order valence-electron chi connectivity index (χ1n) is 12.2. The number of hydrogen-bond acceptors (Lipinski definition) is 3. The van der Waals surface area contributed by atoms with E-state index in [-0.39, 0.29) is 11.8 Å². The number of hydrogen-bond donors (Lipinski definition) is 3. The molecule has 1 heterocycles. The molecule has 1 saturated heterocycles. The molecule has 2 fully saturated rings. The van der Waals surface area contributed by atoms with E-state index in [0.29, 0.717) is 18.6 Å². The third-order valence-electron chi connectivity index (χ3n) is 6.54. The lowest BCUT2D eigenvalue weighted by atomic mass is 9.88. The standard InChI is InChI=1S/C25H41N5O/c1-4-26-25(29-22-13-15-30(16-14-22)19(2)3)27-18-20-9-8-12-23(17-20)28-24(31)21-10-6-5-7-11-21/h8-9,12,17,19,21-22H,4-7,10-11,13-16,18H2,1-3H3,(H,28,31)(H2,26,27,29). The third kappa shape index (κ3) is 7.53. The highest BCUT2D eigenvalue weighted by Gasteiger charge is 2.22. The van der Waals surface area contributed by atoms with Crippen LogP contribution >= 0.6 is 0 Å². The number of carbonyl (C=O) groups is 1. The number of carbonyl (C=O) groups excluding carboxylic acids is 1. The van der Waals surface area contributed by atoms with Crippen LogP contribution in [0.5, 0.6) is 0 Å². The Morgan fingerprint density at radius 2 is 1.87 bits per heavy atom. The van der Waals surface area contributed by atoms with Gasteiger partial charge in [-0.2, -0.15) is 0 Å². The first-order valence-corrected chi connectivity index (χ1v) is 12.2. The number of rotatable bonds is 7. The van der Waals surface area contributed by atoms with Crippen molar-refractivity contribution in [2.75, 3.05) is 25.0 Å². The van der Waals surface area contributed by atoms with Crippen molar-refractivity contribution in [3.63, 3.8) is 0 Å².